The molecular formula is C26H22N2O3. The van der Waals surface area contributed by atoms with E-state index in [0.717, 1.165) is 16.5 Å². The topological polar surface area (TPSA) is 51.5 Å². The van der Waals surface area contributed by atoms with Crippen molar-refractivity contribution in [2.24, 2.45) is 0 Å². The van der Waals surface area contributed by atoms with Gasteiger partial charge in [0.2, 0.25) is 11.8 Å². The SMILES string of the molecule is COc1ccc(N2C(=O)C[C@H](c3cn(Cc4ccccc4)c4ccccc34)C2=O)cc1. The Morgan fingerprint density at radius 2 is 1.61 bits per heavy atom. The fraction of sp³-hybridized carbons (Fsp3) is 0.154. The lowest BCUT2D eigenvalue weighted by molar-refractivity contribution is -0.121. The van der Waals surface area contributed by atoms with Crippen LogP contribution in [0.3, 0.4) is 0 Å². The Labute approximate surface area is 180 Å². The van der Waals surface area contributed by atoms with Gasteiger partial charge in [-0.2, -0.15) is 0 Å². The molecule has 2 amide bonds. The molecule has 1 atom stereocenters. The van der Waals surface area contributed by atoms with E-state index in [2.05, 4.69) is 22.8 Å². The summed E-state index contributed by atoms with van der Waals surface area (Å²) in [4.78, 5) is 27.5. The van der Waals surface area contributed by atoms with Gasteiger partial charge in [-0.1, -0.05) is 48.5 Å². The third-order valence-corrected chi connectivity index (χ3v) is 5.87. The number of carbonyl (C=O) groups is 2. The number of benzene rings is 3. The number of fused-ring (bicyclic) bond motifs is 1. The molecule has 3 aromatic carbocycles. The minimum Gasteiger partial charge on any atom is -0.497 e. The molecule has 5 rings (SSSR count). The molecule has 4 aromatic rings. The molecule has 0 spiro atoms. The Morgan fingerprint density at radius 3 is 2.35 bits per heavy atom. The van der Waals surface area contributed by atoms with Gasteiger partial charge in [0, 0.05) is 30.1 Å². The van der Waals surface area contributed by atoms with Crippen molar-refractivity contribution in [3.63, 3.8) is 0 Å². The molecule has 0 radical (unpaired) electrons. The summed E-state index contributed by atoms with van der Waals surface area (Å²) in [5.74, 6) is -0.169. The van der Waals surface area contributed by atoms with E-state index >= 15 is 0 Å². The highest BCUT2D eigenvalue weighted by molar-refractivity contribution is 6.23. The standard InChI is InChI=1S/C26H22N2O3/c1-31-20-13-11-19(12-14-20)28-25(29)15-22(26(28)30)23-17-27(16-18-7-3-2-4-8-18)24-10-6-5-9-21(23)24/h2-14,17,22H,15-16H2,1H3/t22-/m1/s1. The normalized spacial score (nSPS) is 16.3. The first-order valence-corrected chi connectivity index (χ1v) is 10.3. The Morgan fingerprint density at radius 1 is 0.903 bits per heavy atom. The van der Waals surface area contributed by atoms with Crippen molar-refractivity contribution in [3.8, 4) is 5.75 Å². The van der Waals surface area contributed by atoms with E-state index in [1.807, 2.05) is 42.6 Å². The highest BCUT2D eigenvalue weighted by atomic mass is 16.5. The van der Waals surface area contributed by atoms with E-state index in [0.29, 0.717) is 18.0 Å². The van der Waals surface area contributed by atoms with Gasteiger partial charge < -0.3 is 9.30 Å². The zero-order chi connectivity index (χ0) is 21.4. The second kappa shape index (κ2) is 7.76. The summed E-state index contributed by atoms with van der Waals surface area (Å²) in [7, 11) is 1.59. The van der Waals surface area contributed by atoms with Crippen LogP contribution >= 0.6 is 0 Å². The largest absolute Gasteiger partial charge is 0.497 e. The summed E-state index contributed by atoms with van der Waals surface area (Å²) in [5.41, 5.74) is 3.72. The van der Waals surface area contributed by atoms with Gasteiger partial charge in [-0.3, -0.25) is 14.5 Å². The molecule has 31 heavy (non-hydrogen) atoms. The number of hydrogen-bond acceptors (Lipinski definition) is 3. The second-order valence-electron chi connectivity index (χ2n) is 7.74. The lowest BCUT2D eigenvalue weighted by atomic mass is 9.97. The quantitative estimate of drug-likeness (QED) is 0.447. The highest BCUT2D eigenvalue weighted by Crippen LogP contribution is 2.38. The molecule has 2 heterocycles. The second-order valence-corrected chi connectivity index (χ2v) is 7.74. The number of amides is 2. The molecule has 0 unspecified atom stereocenters. The molecule has 0 bridgehead atoms. The van der Waals surface area contributed by atoms with Crippen LogP contribution in [0.25, 0.3) is 10.9 Å². The third kappa shape index (κ3) is 3.38. The summed E-state index contributed by atoms with van der Waals surface area (Å²) < 4.78 is 7.35. The van der Waals surface area contributed by atoms with Crippen LogP contribution in [0.5, 0.6) is 5.75 Å². The Bertz CT molecular complexity index is 1260. The van der Waals surface area contributed by atoms with Gasteiger partial charge in [0.25, 0.3) is 0 Å². The minimum absolute atomic E-state index is 0.171. The molecule has 1 fully saturated rings. The average Bonchev–Trinajstić information content (AvgIpc) is 3.31. The van der Waals surface area contributed by atoms with E-state index in [1.54, 1.807) is 31.4 Å². The lowest BCUT2D eigenvalue weighted by Gasteiger charge is -2.15. The zero-order valence-corrected chi connectivity index (χ0v) is 17.2. The van der Waals surface area contributed by atoms with Gasteiger partial charge >= 0.3 is 0 Å². The van der Waals surface area contributed by atoms with Crippen LogP contribution in [0.15, 0.2) is 85.1 Å². The molecule has 154 valence electrons. The predicted molar refractivity (Wildman–Crippen MR) is 120 cm³/mol. The number of methoxy groups -OCH3 is 1. The van der Waals surface area contributed by atoms with E-state index in [4.69, 9.17) is 4.74 Å². The van der Waals surface area contributed by atoms with Crippen molar-refractivity contribution >= 4 is 28.4 Å². The van der Waals surface area contributed by atoms with Crippen LogP contribution in [-0.2, 0) is 16.1 Å². The molecule has 0 aliphatic carbocycles. The van der Waals surface area contributed by atoms with E-state index < -0.39 is 5.92 Å². The summed E-state index contributed by atoms with van der Waals surface area (Å²) >= 11 is 0. The van der Waals surface area contributed by atoms with Crippen molar-refractivity contribution in [2.45, 2.75) is 18.9 Å². The maximum atomic E-state index is 13.3. The van der Waals surface area contributed by atoms with Gasteiger partial charge in [0.15, 0.2) is 0 Å². The number of para-hydroxylation sites is 1. The van der Waals surface area contributed by atoms with Crippen LogP contribution in [0.4, 0.5) is 5.69 Å². The number of ether oxygens (including phenoxy) is 1. The van der Waals surface area contributed by atoms with Gasteiger partial charge in [-0.25, -0.2) is 0 Å². The monoisotopic (exact) mass is 410 g/mol. The van der Waals surface area contributed by atoms with Crippen molar-refractivity contribution in [1.82, 2.24) is 4.57 Å². The van der Waals surface area contributed by atoms with Crippen molar-refractivity contribution in [2.75, 3.05) is 12.0 Å². The highest BCUT2D eigenvalue weighted by Gasteiger charge is 2.41. The van der Waals surface area contributed by atoms with E-state index in [-0.39, 0.29) is 18.2 Å². The first kappa shape index (κ1) is 19.1. The number of hydrogen-bond donors (Lipinski definition) is 0. The van der Waals surface area contributed by atoms with Crippen LogP contribution in [0.1, 0.15) is 23.5 Å². The summed E-state index contributed by atoms with van der Waals surface area (Å²) in [6.45, 7) is 0.707. The van der Waals surface area contributed by atoms with Gasteiger partial charge in [0.05, 0.1) is 18.7 Å². The number of aromatic nitrogens is 1. The van der Waals surface area contributed by atoms with Crippen molar-refractivity contribution < 1.29 is 14.3 Å². The van der Waals surface area contributed by atoms with Gasteiger partial charge in [-0.05, 0) is 41.5 Å². The molecule has 0 N–H and O–H groups in total. The summed E-state index contributed by atoms with van der Waals surface area (Å²) in [5, 5.41) is 1.01. The zero-order valence-electron chi connectivity index (χ0n) is 17.2. The molecule has 0 saturated carbocycles. The first-order chi connectivity index (χ1) is 15.2. The third-order valence-electron chi connectivity index (χ3n) is 5.87. The number of carbonyl (C=O) groups excluding carboxylic acids is 2. The Balaban J connectivity index is 1.52. The molecule has 1 saturated heterocycles. The van der Waals surface area contributed by atoms with Gasteiger partial charge in [0.1, 0.15) is 5.75 Å². The van der Waals surface area contributed by atoms with Crippen LogP contribution in [0.2, 0.25) is 0 Å². The maximum Gasteiger partial charge on any atom is 0.241 e. The molecular weight excluding hydrogens is 388 g/mol. The van der Waals surface area contributed by atoms with E-state index in [1.165, 1.54) is 10.5 Å². The summed E-state index contributed by atoms with van der Waals surface area (Å²) in [6.07, 6.45) is 2.20. The van der Waals surface area contributed by atoms with Gasteiger partial charge in [-0.15, -0.1) is 0 Å². The number of rotatable bonds is 5. The Kier molecular flexibility index (Phi) is 4.79. The summed E-state index contributed by atoms with van der Waals surface area (Å²) in [6, 6.07) is 25.3. The molecule has 5 heteroatoms. The molecule has 1 aliphatic rings. The van der Waals surface area contributed by atoms with Crippen molar-refractivity contribution in [3.05, 3.63) is 96.2 Å². The Hall–Kier alpha value is -3.86. The average molecular weight is 410 g/mol. The fourth-order valence-corrected chi connectivity index (χ4v) is 4.34. The van der Waals surface area contributed by atoms with Crippen molar-refractivity contribution in [1.29, 1.82) is 0 Å². The number of imide groups is 1. The molecule has 1 aliphatic heterocycles. The smallest absolute Gasteiger partial charge is 0.241 e. The minimum atomic E-state index is -0.489. The van der Waals surface area contributed by atoms with Crippen LogP contribution < -0.4 is 9.64 Å². The lowest BCUT2D eigenvalue weighted by Crippen LogP contribution is -2.29. The van der Waals surface area contributed by atoms with Crippen LogP contribution in [0, 0.1) is 0 Å². The fourth-order valence-electron chi connectivity index (χ4n) is 4.34. The molecule has 5 nitrogen and oxygen atoms in total. The molecule has 1 aromatic heterocycles. The van der Waals surface area contributed by atoms with Crippen LogP contribution in [-0.4, -0.2) is 23.5 Å². The van der Waals surface area contributed by atoms with E-state index in [9.17, 15) is 9.59 Å². The number of nitrogens with zero attached hydrogens (tertiary/aromatic N) is 2. The number of anilines is 1. The maximum absolute atomic E-state index is 13.3. The first-order valence-electron chi connectivity index (χ1n) is 10.3. The predicted octanol–water partition coefficient (Wildman–Crippen LogP) is 4.75.